The number of rotatable bonds is 4. The third kappa shape index (κ3) is 2.78. The Bertz CT molecular complexity index is 646. The molecule has 0 spiro atoms. The van der Waals surface area contributed by atoms with Gasteiger partial charge in [0, 0.05) is 30.0 Å². The van der Waals surface area contributed by atoms with Crippen LogP contribution in [0.2, 0.25) is 0 Å². The summed E-state index contributed by atoms with van der Waals surface area (Å²) in [5.74, 6) is 0. The number of aromatic amines is 1. The van der Waals surface area contributed by atoms with Gasteiger partial charge in [-0.1, -0.05) is 0 Å². The molecule has 8 heteroatoms. The average Bonchev–Trinajstić information content (AvgIpc) is 2.80. The van der Waals surface area contributed by atoms with Crippen LogP contribution in [0.5, 0.6) is 0 Å². The highest BCUT2D eigenvalue weighted by molar-refractivity contribution is 7.89. The van der Waals surface area contributed by atoms with Crippen molar-refractivity contribution in [2.24, 2.45) is 0 Å². The number of H-pyrrole nitrogens is 1. The molecular formula is C9H9N3O3S2. The molecule has 2 heterocycles. The number of hydrogen-bond donors (Lipinski definition) is 2. The molecule has 0 saturated heterocycles. The van der Waals surface area contributed by atoms with Crippen LogP contribution in [0.15, 0.2) is 39.7 Å². The number of nitrogens with one attached hydrogen (secondary N) is 2. The minimum absolute atomic E-state index is 0.0777. The van der Waals surface area contributed by atoms with Crippen LogP contribution in [0.4, 0.5) is 0 Å². The number of thiazole rings is 1. The van der Waals surface area contributed by atoms with Crippen LogP contribution in [-0.2, 0) is 16.6 Å². The molecule has 0 aliphatic heterocycles. The first-order valence-electron chi connectivity index (χ1n) is 4.65. The molecule has 90 valence electrons. The van der Waals surface area contributed by atoms with Crippen LogP contribution >= 0.6 is 11.3 Å². The number of hydrogen-bond acceptors (Lipinski definition) is 5. The Labute approximate surface area is 101 Å². The van der Waals surface area contributed by atoms with Gasteiger partial charge in [-0.2, -0.15) is 0 Å². The summed E-state index contributed by atoms with van der Waals surface area (Å²) in [7, 11) is -3.79. The van der Waals surface area contributed by atoms with Gasteiger partial charge in [0.25, 0.3) is 0 Å². The van der Waals surface area contributed by atoms with Crippen molar-refractivity contribution in [3.8, 4) is 0 Å². The normalized spacial score (nSPS) is 11.5. The Kier molecular flexibility index (Phi) is 3.36. The number of sulfonamides is 1. The van der Waals surface area contributed by atoms with Crippen molar-refractivity contribution >= 4 is 21.4 Å². The summed E-state index contributed by atoms with van der Waals surface area (Å²) < 4.78 is 25.9. The van der Waals surface area contributed by atoms with Gasteiger partial charge < -0.3 is 4.98 Å². The Balaban J connectivity index is 2.20. The lowest BCUT2D eigenvalue weighted by molar-refractivity contribution is 0.580. The highest BCUT2D eigenvalue weighted by atomic mass is 32.2. The molecule has 0 amide bonds. The average molecular weight is 271 g/mol. The Morgan fingerprint density at radius 2 is 2.29 bits per heavy atom. The lowest BCUT2D eigenvalue weighted by Gasteiger charge is -2.03. The minimum atomic E-state index is -3.79. The van der Waals surface area contributed by atoms with Crippen molar-refractivity contribution in [3.63, 3.8) is 0 Å². The maximum absolute atomic E-state index is 11.8. The third-order valence-electron chi connectivity index (χ3n) is 1.97. The molecule has 2 rings (SSSR count). The molecule has 0 aromatic carbocycles. The quantitative estimate of drug-likeness (QED) is 0.837. The predicted octanol–water partition coefficient (Wildman–Crippen LogP) is 0.310. The molecule has 6 nitrogen and oxygen atoms in total. The van der Waals surface area contributed by atoms with E-state index in [0.29, 0.717) is 5.01 Å². The molecule has 0 atom stereocenters. The second-order valence-electron chi connectivity index (χ2n) is 3.12. The second kappa shape index (κ2) is 4.78. The summed E-state index contributed by atoms with van der Waals surface area (Å²) in [6.07, 6.45) is 4.12. The highest BCUT2D eigenvalue weighted by Gasteiger charge is 2.17. The maximum atomic E-state index is 11.8. The van der Waals surface area contributed by atoms with E-state index in [1.807, 2.05) is 0 Å². The Morgan fingerprint density at radius 3 is 2.94 bits per heavy atom. The fourth-order valence-corrected chi connectivity index (χ4v) is 2.87. The molecule has 0 bridgehead atoms. The third-order valence-corrected chi connectivity index (χ3v) is 4.18. The number of nitrogens with zero attached hydrogens (tertiary/aromatic N) is 1. The molecule has 0 unspecified atom stereocenters. The molecule has 0 aliphatic carbocycles. The number of aromatic nitrogens is 2. The molecule has 2 aromatic heterocycles. The zero-order valence-electron chi connectivity index (χ0n) is 8.58. The number of pyridine rings is 1. The molecule has 2 aromatic rings. The van der Waals surface area contributed by atoms with Gasteiger partial charge in [-0.05, 0) is 0 Å². The summed E-state index contributed by atoms with van der Waals surface area (Å²) in [6, 6.07) is 1.16. The first-order chi connectivity index (χ1) is 8.09. The summed E-state index contributed by atoms with van der Waals surface area (Å²) in [6.45, 7) is 0.0777. The van der Waals surface area contributed by atoms with Crippen molar-refractivity contribution in [2.45, 2.75) is 11.4 Å². The van der Waals surface area contributed by atoms with Gasteiger partial charge in [0.05, 0.1) is 6.54 Å². The highest BCUT2D eigenvalue weighted by Crippen LogP contribution is 2.06. The van der Waals surface area contributed by atoms with E-state index in [4.69, 9.17) is 0 Å². The van der Waals surface area contributed by atoms with Gasteiger partial charge in [-0.3, -0.25) is 4.79 Å². The summed E-state index contributed by atoms with van der Waals surface area (Å²) in [5, 5.41) is 2.39. The molecule has 2 N–H and O–H groups in total. The van der Waals surface area contributed by atoms with Crippen molar-refractivity contribution < 1.29 is 8.42 Å². The van der Waals surface area contributed by atoms with Gasteiger partial charge in [0.1, 0.15) is 9.90 Å². The molecule has 0 fully saturated rings. The molecular weight excluding hydrogens is 262 g/mol. The summed E-state index contributed by atoms with van der Waals surface area (Å²) in [5.41, 5.74) is -0.546. The van der Waals surface area contributed by atoms with Gasteiger partial charge >= 0.3 is 0 Å². The summed E-state index contributed by atoms with van der Waals surface area (Å²) in [4.78, 5) is 17.6. The van der Waals surface area contributed by atoms with Crippen molar-refractivity contribution in [3.05, 3.63) is 45.3 Å². The molecule has 0 saturated carbocycles. The van der Waals surface area contributed by atoms with Crippen molar-refractivity contribution in [2.75, 3.05) is 0 Å². The van der Waals surface area contributed by atoms with Crippen molar-refractivity contribution in [1.29, 1.82) is 0 Å². The molecule has 17 heavy (non-hydrogen) atoms. The second-order valence-corrected chi connectivity index (χ2v) is 5.84. The van der Waals surface area contributed by atoms with E-state index in [2.05, 4.69) is 14.7 Å². The standard InChI is InChI=1S/C9H9N3O3S2/c13-7-1-2-10-5-8(7)17(14,15)12-6-9-11-3-4-16-9/h1-5,12H,6H2,(H,10,13). The van der Waals surface area contributed by atoms with E-state index in [9.17, 15) is 13.2 Å². The topological polar surface area (TPSA) is 91.9 Å². The van der Waals surface area contributed by atoms with Gasteiger partial charge in [-0.25, -0.2) is 18.1 Å². The van der Waals surface area contributed by atoms with Crippen LogP contribution in [-0.4, -0.2) is 18.4 Å². The van der Waals surface area contributed by atoms with Gasteiger partial charge in [0.2, 0.25) is 15.5 Å². The Hall–Kier alpha value is -1.51. The Morgan fingerprint density at radius 1 is 1.47 bits per heavy atom. The van der Waals surface area contributed by atoms with Crippen LogP contribution in [0.25, 0.3) is 0 Å². The van der Waals surface area contributed by atoms with Crippen LogP contribution < -0.4 is 10.2 Å². The van der Waals surface area contributed by atoms with Crippen molar-refractivity contribution in [1.82, 2.24) is 14.7 Å². The van der Waals surface area contributed by atoms with Crippen LogP contribution in [0.1, 0.15) is 5.01 Å². The van der Waals surface area contributed by atoms with E-state index in [1.54, 1.807) is 11.6 Å². The van der Waals surface area contributed by atoms with E-state index >= 15 is 0 Å². The monoisotopic (exact) mass is 271 g/mol. The lowest BCUT2D eigenvalue weighted by atomic mass is 10.5. The van der Waals surface area contributed by atoms with Crippen LogP contribution in [0, 0.1) is 0 Å². The van der Waals surface area contributed by atoms with E-state index < -0.39 is 15.5 Å². The maximum Gasteiger partial charge on any atom is 0.246 e. The molecule has 0 radical (unpaired) electrons. The van der Waals surface area contributed by atoms with Gasteiger partial charge in [0.15, 0.2) is 0 Å². The van der Waals surface area contributed by atoms with E-state index in [0.717, 1.165) is 12.3 Å². The first-order valence-corrected chi connectivity index (χ1v) is 7.01. The largest absolute Gasteiger partial charge is 0.366 e. The van der Waals surface area contributed by atoms with Gasteiger partial charge in [-0.15, -0.1) is 11.3 Å². The zero-order valence-corrected chi connectivity index (χ0v) is 10.2. The minimum Gasteiger partial charge on any atom is -0.366 e. The smallest absolute Gasteiger partial charge is 0.246 e. The molecule has 0 aliphatic rings. The first kappa shape index (κ1) is 12.0. The van der Waals surface area contributed by atoms with E-state index in [1.165, 1.54) is 17.5 Å². The fraction of sp³-hybridized carbons (Fsp3) is 0.111. The predicted molar refractivity (Wildman–Crippen MR) is 63.2 cm³/mol. The zero-order chi connectivity index (χ0) is 12.3. The summed E-state index contributed by atoms with van der Waals surface area (Å²) >= 11 is 1.34. The SMILES string of the molecule is O=c1cc[nH]cc1S(=O)(=O)NCc1nccs1. The fourth-order valence-electron chi connectivity index (χ4n) is 1.19. The van der Waals surface area contributed by atoms with Crippen LogP contribution in [0.3, 0.4) is 0 Å². The van der Waals surface area contributed by atoms with E-state index in [-0.39, 0.29) is 11.4 Å². The lowest BCUT2D eigenvalue weighted by Crippen LogP contribution is -2.27.